The molecule has 5 N–H and O–H groups in total. The minimum atomic E-state index is -0.396. The molecule has 15 heavy (non-hydrogen) atoms. The predicted molar refractivity (Wildman–Crippen MR) is 56.6 cm³/mol. The van der Waals surface area contributed by atoms with Gasteiger partial charge in [-0.1, -0.05) is 6.08 Å². The molecule has 2 aromatic rings. The highest BCUT2D eigenvalue weighted by Crippen LogP contribution is 2.08. The van der Waals surface area contributed by atoms with Crippen LogP contribution in [0.4, 0.5) is 5.95 Å². The minimum Gasteiger partial charge on any atom is -0.369 e. The van der Waals surface area contributed by atoms with Crippen LogP contribution < -0.4 is 17.1 Å². The van der Waals surface area contributed by atoms with E-state index < -0.39 is 5.56 Å². The zero-order valence-corrected chi connectivity index (χ0v) is 7.90. The number of hydrogen-bond donors (Lipinski definition) is 3. The first-order valence-corrected chi connectivity index (χ1v) is 4.26. The van der Waals surface area contributed by atoms with Gasteiger partial charge in [-0.05, 0) is 0 Å². The average molecular weight is 206 g/mol. The summed E-state index contributed by atoms with van der Waals surface area (Å²) >= 11 is 0. The number of imidazole rings is 1. The summed E-state index contributed by atoms with van der Waals surface area (Å²) < 4.78 is 1.24. The summed E-state index contributed by atoms with van der Waals surface area (Å²) in [5.74, 6) is 6.23. The van der Waals surface area contributed by atoms with E-state index in [0.717, 1.165) is 0 Å². The van der Waals surface area contributed by atoms with Crippen molar-refractivity contribution in [2.75, 3.05) is 11.6 Å². The quantitative estimate of drug-likeness (QED) is 0.437. The van der Waals surface area contributed by atoms with Crippen LogP contribution in [-0.2, 0) is 6.42 Å². The number of nitrogens with zero attached hydrogens (tertiary/aromatic N) is 3. The van der Waals surface area contributed by atoms with Gasteiger partial charge in [0.05, 0.1) is 0 Å². The standard InChI is InChI=1S/C8H10N6O/c1-2-3-4-11-5-6(14(4)10)12-8(9)13-7(5)15/h2H,1,3,10H2,(H3,9,12,13,15). The maximum Gasteiger partial charge on any atom is 0.280 e. The number of nitrogen functional groups attached to an aromatic ring is 2. The summed E-state index contributed by atoms with van der Waals surface area (Å²) in [4.78, 5) is 21.7. The van der Waals surface area contributed by atoms with Gasteiger partial charge in [0.25, 0.3) is 5.56 Å². The van der Waals surface area contributed by atoms with Gasteiger partial charge in [-0.3, -0.25) is 9.78 Å². The zero-order valence-electron chi connectivity index (χ0n) is 7.90. The van der Waals surface area contributed by atoms with Gasteiger partial charge in [0.1, 0.15) is 5.82 Å². The lowest BCUT2D eigenvalue weighted by Crippen LogP contribution is -2.15. The highest BCUT2D eigenvalue weighted by molar-refractivity contribution is 5.71. The fourth-order valence-corrected chi connectivity index (χ4v) is 1.32. The van der Waals surface area contributed by atoms with Crippen molar-refractivity contribution in [1.29, 1.82) is 0 Å². The molecule has 2 heterocycles. The molecule has 7 nitrogen and oxygen atoms in total. The van der Waals surface area contributed by atoms with Gasteiger partial charge in [-0.15, -0.1) is 6.58 Å². The number of aromatic amines is 1. The Morgan fingerprint density at radius 2 is 2.27 bits per heavy atom. The Hall–Kier alpha value is -2.31. The number of nitrogens with one attached hydrogen (secondary N) is 1. The maximum atomic E-state index is 11.4. The second-order valence-corrected chi connectivity index (χ2v) is 3.01. The first kappa shape index (κ1) is 9.25. The molecular formula is C8H10N6O. The van der Waals surface area contributed by atoms with E-state index >= 15 is 0 Å². The van der Waals surface area contributed by atoms with Crippen LogP contribution in [0, 0.1) is 0 Å². The van der Waals surface area contributed by atoms with E-state index in [4.69, 9.17) is 11.6 Å². The number of H-pyrrole nitrogens is 1. The number of allylic oxidation sites excluding steroid dienone is 1. The molecular weight excluding hydrogens is 196 g/mol. The second kappa shape index (κ2) is 3.12. The maximum absolute atomic E-state index is 11.4. The number of nitrogens with two attached hydrogens (primary N) is 2. The van der Waals surface area contributed by atoms with Crippen LogP contribution >= 0.6 is 0 Å². The molecule has 0 aliphatic carbocycles. The largest absolute Gasteiger partial charge is 0.369 e. The SMILES string of the molecule is C=CCc1nc2c(=O)[nH]c(N)nc2n1N. The van der Waals surface area contributed by atoms with Crippen molar-refractivity contribution in [2.24, 2.45) is 0 Å². The van der Waals surface area contributed by atoms with E-state index in [-0.39, 0.29) is 17.1 Å². The number of rotatable bonds is 2. The first-order chi connectivity index (χ1) is 7.13. The van der Waals surface area contributed by atoms with Gasteiger partial charge in [-0.25, -0.2) is 9.66 Å². The van der Waals surface area contributed by atoms with Crippen molar-refractivity contribution in [1.82, 2.24) is 19.6 Å². The van der Waals surface area contributed by atoms with E-state index in [0.29, 0.717) is 12.2 Å². The fraction of sp³-hybridized carbons (Fsp3) is 0.125. The molecule has 0 amide bonds. The molecule has 0 bridgehead atoms. The van der Waals surface area contributed by atoms with Crippen molar-refractivity contribution in [3.63, 3.8) is 0 Å². The predicted octanol–water partition coefficient (Wildman–Crippen LogP) is -0.856. The van der Waals surface area contributed by atoms with Crippen molar-refractivity contribution < 1.29 is 0 Å². The number of fused-ring (bicyclic) bond motifs is 1. The Morgan fingerprint density at radius 3 is 2.93 bits per heavy atom. The van der Waals surface area contributed by atoms with Crippen LogP contribution in [0.2, 0.25) is 0 Å². The van der Waals surface area contributed by atoms with E-state index in [9.17, 15) is 4.79 Å². The molecule has 0 fully saturated rings. The third-order valence-corrected chi connectivity index (χ3v) is 1.97. The van der Waals surface area contributed by atoms with Crippen LogP contribution in [0.15, 0.2) is 17.4 Å². The van der Waals surface area contributed by atoms with E-state index in [1.807, 2.05) is 0 Å². The van der Waals surface area contributed by atoms with Gasteiger partial charge in [0, 0.05) is 6.42 Å². The summed E-state index contributed by atoms with van der Waals surface area (Å²) in [6, 6.07) is 0. The summed E-state index contributed by atoms with van der Waals surface area (Å²) in [6.45, 7) is 3.57. The zero-order chi connectivity index (χ0) is 11.0. The van der Waals surface area contributed by atoms with E-state index in [1.54, 1.807) is 6.08 Å². The molecule has 0 radical (unpaired) electrons. The van der Waals surface area contributed by atoms with Gasteiger partial charge in [0.2, 0.25) is 5.95 Å². The molecule has 0 aliphatic heterocycles. The van der Waals surface area contributed by atoms with Gasteiger partial charge < -0.3 is 11.6 Å². The van der Waals surface area contributed by atoms with E-state index in [1.165, 1.54) is 4.68 Å². The number of anilines is 1. The highest BCUT2D eigenvalue weighted by Gasteiger charge is 2.12. The van der Waals surface area contributed by atoms with E-state index in [2.05, 4.69) is 21.5 Å². The van der Waals surface area contributed by atoms with Gasteiger partial charge in [0.15, 0.2) is 11.2 Å². The van der Waals surface area contributed by atoms with Gasteiger partial charge in [-0.2, -0.15) is 4.98 Å². The third-order valence-electron chi connectivity index (χ3n) is 1.97. The lowest BCUT2D eigenvalue weighted by Gasteiger charge is -1.97. The van der Waals surface area contributed by atoms with Gasteiger partial charge >= 0.3 is 0 Å². The Morgan fingerprint density at radius 1 is 1.53 bits per heavy atom. The monoisotopic (exact) mass is 206 g/mol. The molecule has 7 heteroatoms. The van der Waals surface area contributed by atoms with Crippen molar-refractivity contribution >= 4 is 17.1 Å². The molecule has 0 saturated carbocycles. The molecule has 0 saturated heterocycles. The second-order valence-electron chi connectivity index (χ2n) is 3.01. The van der Waals surface area contributed by atoms with Crippen molar-refractivity contribution in [2.45, 2.75) is 6.42 Å². The number of aromatic nitrogens is 4. The lowest BCUT2D eigenvalue weighted by atomic mass is 10.4. The first-order valence-electron chi connectivity index (χ1n) is 4.26. The topological polar surface area (TPSA) is 116 Å². The molecule has 0 unspecified atom stereocenters. The molecule has 78 valence electrons. The molecule has 0 aliphatic rings. The average Bonchev–Trinajstić information content (AvgIpc) is 2.47. The van der Waals surface area contributed by atoms with Crippen LogP contribution in [0.25, 0.3) is 11.2 Å². The molecule has 0 aromatic carbocycles. The van der Waals surface area contributed by atoms with Crippen LogP contribution in [-0.4, -0.2) is 19.6 Å². The smallest absolute Gasteiger partial charge is 0.280 e. The van der Waals surface area contributed by atoms with Crippen LogP contribution in [0.3, 0.4) is 0 Å². The molecule has 0 spiro atoms. The molecule has 2 aromatic heterocycles. The van der Waals surface area contributed by atoms with Crippen molar-refractivity contribution in [3.05, 3.63) is 28.8 Å². The Bertz CT molecular complexity index is 581. The Balaban J connectivity index is 2.81. The minimum absolute atomic E-state index is 0.0178. The molecule has 2 rings (SSSR count). The summed E-state index contributed by atoms with van der Waals surface area (Å²) in [6.07, 6.45) is 2.11. The summed E-state index contributed by atoms with van der Waals surface area (Å²) in [7, 11) is 0. The van der Waals surface area contributed by atoms with Crippen LogP contribution in [0.1, 0.15) is 5.82 Å². The van der Waals surface area contributed by atoms with Crippen molar-refractivity contribution in [3.8, 4) is 0 Å². The lowest BCUT2D eigenvalue weighted by molar-refractivity contribution is 0.903. The summed E-state index contributed by atoms with van der Waals surface area (Å²) in [5.41, 5.74) is 5.45. The fourth-order valence-electron chi connectivity index (χ4n) is 1.32. The van der Waals surface area contributed by atoms with Crippen LogP contribution in [0.5, 0.6) is 0 Å². The third kappa shape index (κ3) is 1.33. The molecule has 0 atom stereocenters. The summed E-state index contributed by atoms with van der Waals surface area (Å²) in [5, 5.41) is 0. The highest BCUT2D eigenvalue weighted by atomic mass is 16.1. The Kier molecular flexibility index (Phi) is 1.93. The Labute approximate surface area is 84.4 Å². The number of hydrogen-bond acceptors (Lipinski definition) is 5. The normalized spacial score (nSPS) is 10.7.